The number of rotatable bonds is 8. The van der Waals surface area contributed by atoms with Crippen molar-refractivity contribution in [2.45, 2.75) is 39.8 Å². The highest BCUT2D eigenvalue weighted by Gasteiger charge is 2.30. The lowest BCUT2D eigenvalue weighted by molar-refractivity contribution is 0.0403. The van der Waals surface area contributed by atoms with Gasteiger partial charge in [-0.1, -0.05) is 27.7 Å². The molecule has 0 aliphatic carbocycles. The molecule has 1 rings (SSSR count). The van der Waals surface area contributed by atoms with Crippen LogP contribution >= 0.6 is 0 Å². The Labute approximate surface area is 125 Å². The average molecular weight is 285 g/mol. The van der Waals surface area contributed by atoms with E-state index in [0.717, 1.165) is 39.4 Å². The van der Waals surface area contributed by atoms with E-state index < -0.39 is 0 Å². The Kier molecular flexibility index (Phi) is 8.03. The topological polar surface area (TPSA) is 27.7 Å². The summed E-state index contributed by atoms with van der Waals surface area (Å²) in [6.07, 6.45) is 0. The zero-order chi connectivity index (χ0) is 15.1. The molecule has 1 N–H and O–H groups in total. The Hall–Kier alpha value is -0.160. The number of nitrogens with one attached hydrogen (secondary N) is 1. The summed E-state index contributed by atoms with van der Waals surface area (Å²) in [6, 6.07) is 1.26. The van der Waals surface area contributed by atoms with E-state index in [2.05, 4.69) is 56.9 Å². The van der Waals surface area contributed by atoms with Gasteiger partial charge in [0.1, 0.15) is 0 Å². The Morgan fingerprint density at radius 2 is 1.85 bits per heavy atom. The molecule has 1 fully saturated rings. The Morgan fingerprint density at radius 3 is 2.40 bits per heavy atom. The molecule has 1 heterocycles. The Balaban J connectivity index is 2.36. The lowest BCUT2D eigenvalue weighted by Crippen LogP contribution is -2.60. The van der Waals surface area contributed by atoms with Crippen LogP contribution in [0.5, 0.6) is 0 Å². The van der Waals surface area contributed by atoms with Crippen LogP contribution < -0.4 is 5.32 Å². The summed E-state index contributed by atoms with van der Waals surface area (Å²) < 4.78 is 5.77. The fourth-order valence-corrected chi connectivity index (χ4v) is 2.75. The summed E-state index contributed by atoms with van der Waals surface area (Å²) in [5.74, 6) is 1.39. The number of likely N-dealkylation sites (N-methyl/N-ethyl adjacent to an activating group) is 1. The van der Waals surface area contributed by atoms with Crippen LogP contribution in [0.1, 0.15) is 27.7 Å². The van der Waals surface area contributed by atoms with Crippen LogP contribution in [0.2, 0.25) is 0 Å². The average Bonchev–Trinajstić information content (AvgIpc) is 2.37. The van der Waals surface area contributed by atoms with Crippen molar-refractivity contribution in [3.05, 3.63) is 0 Å². The predicted octanol–water partition coefficient (Wildman–Crippen LogP) is 1.52. The molecular weight excluding hydrogens is 250 g/mol. The summed E-state index contributed by atoms with van der Waals surface area (Å²) in [4.78, 5) is 4.79. The van der Waals surface area contributed by atoms with E-state index in [0.29, 0.717) is 23.9 Å². The van der Waals surface area contributed by atoms with Crippen LogP contribution in [-0.2, 0) is 4.74 Å². The van der Waals surface area contributed by atoms with Crippen LogP contribution in [0.3, 0.4) is 0 Å². The molecule has 0 bridgehead atoms. The zero-order valence-electron chi connectivity index (χ0n) is 14.4. The van der Waals surface area contributed by atoms with Crippen molar-refractivity contribution in [1.29, 1.82) is 0 Å². The predicted molar refractivity (Wildman–Crippen MR) is 86.2 cm³/mol. The largest absolute Gasteiger partial charge is 0.379 e. The number of hydrogen-bond acceptors (Lipinski definition) is 4. The minimum atomic E-state index is 0.617. The molecule has 1 aliphatic rings. The molecule has 4 heteroatoms. The van der Waals surface area contributed by atoms with E-state index in [9.17, 15) is 0 Å². The highest BCUT2D eigenvalue weighted by atomic mass is 16.5. The third-order valence-corrected chi connectivity index (χ3v) is 4.27. The SMILES string of the molecule is CC(C)C1CN(CCOCCN(C)C)C(C(C)C)CN1. The second-order valence-corrected chi connectivity index (χ2v) is 6.98. The normalized spacial score (nSPS) is 25.1. The van der Waals surface area contributed by atoms with Crippen molar-refractivity contribution >= 4 is 0 Å². The van der Waals surface area contributed by atoms with Gasteiger partial charge in [0.25, 0.3) is 0 Å². The van der Waals surface area contributed by atoms with E-state index in [4.69, 9.17) is 4.74 Å². The second-order valence-electron chi connectivity index (χ2n) is 6.98. The van der Waals surface area contributed by atoms with E-state index in [1.165, 1.54) is 0 Å². The van der Waals surface area contributed by atoms with Crippen molar-refractivity contribution in [2.24, 2.45) is 11.8 Å². The molecule has 20 heavy (non-hydrogen) atoms. The van der Waals surface area contributed by atoms with Crippen molar-refractivity contribution in [3.8, 4) is 0 Å². The molecular formula is C16H35N3O. The van der Waals surface area contributed by atoms with Gasteiger partial charge >= 0.3 is 0 Å². The fraction of sp³-hybridized carbons (Fsp3) is 1.00. The maximum absolute atomic E-state index is 5.77. The number of nitrogens with zero attached hydrogens (tertiary/aromatic N) is 2. The van der Waals surface area contributed by atoms with E-state index in [-0.39, 0.29) is 0 Å². The van der Waals surface area contributed by atoms with Gasteiger partial charge in [0, 0.05) is 38.3 Å². The third kappa shape index (κ3) is 6.08. The molecule has 1 saturated heterocycles. The van der Waals surface area contributed by atoms with Gasteiger partial charge in [-0.2, -0.15) is 0 Å². The van der Waals surface area contributed by atoms with Crippen molar-refractivity contribution in [1.82, 2.24) is 15.1 Å². The van der Waals surface area contributed by atoms with Crippen molar-refractivity contribution in [3.63, 3.8) is 0 Å². The van der Waals surface area contributed by atoms with Gasteiger partial charge < -0.3 is 15.0 Å². The first-order valence-electron chi connectivity index (χ1n) is 8.11. The molecule has 2 atom stereocenters. The molecule has 4 nitrogen and oxygen atoms in total. The summed E-state index contributed by atoms with van der Waals surface area (Å²) in [5, 5.41) is 3.71. The first-order chi connectivity index (χ1) is 9.41. The molecule has 0 aromatic rings. The van der Waals surface area contributed by atoms with E-state index in [1.807, 2.05) is 0 Å². The summed E-state index contributed by atoms with van der Waals surface area (Å²) in [7, 11) is 4.17. The van der Waals surface area contributed by atoms with Gasteiger partial charge in [-0.15, -0.1) is 0 Å². The van der Waals surface area contributed by atoms with Crippen LogP contribution in [0.15, 0.2) is 0 Å². The molecule has 0 radical (unpaired) electrons. The van der Waals surface area contributed by atoms with Gasteiger partial charge in [0.2, 0.25) is 0 Å². The number of hydrogen-bond donors (Lipinski definition) is 1. The smallest absolute Gasteiger partial charge is 0.0594 e. The van der Waals surface area contributed by atoms with Gasteiger partial charge in [-0.3, -0.25) is 4.90 Å². The summed E-state index contributed by atoms with van der Waals surface area (Å²) >= 11 is 0. The maximum atomic E-state index is 5.77. The first kappa shape index (κ1) is 17.9. The first-order valence-corrected chi connectivity index (χ1v) is 8.11. The van der Waals surface area contributed by atoms with Gasteiger partial charge in [-0.25, -0.2) is 0 Å². The second kappa shape index (κ2) is 8.98. The maximum Gasteiger partial charge on any atom is 0.0594 e. The quantitative estimate of drug-likeness (QED) is 0.684. The molecule has 0 saturated carbocycles. The summed E-state index contributed by atoms with van der Waals surface area (Å²) in [6.45, 7) is 15.3. The van der Waals surface area contributed by atoms with E-state index in [1.54, 1.807) is 0 Å². The minimum absolute atomic E-state index is 0.617. The fourth-order valence-electron chi connectivity index (χ4n) is 2.75. The van der Waals surface area contributed by atoms with Crippen LogP contribution in [0.4, 0.5) is 0 Å². The van der Waals surface area contributed by atoms with Gasteiger partial charge in [0.05, 0.1) is 13.2 Å². The molecule has 0 amide bonds. The number of piperazine rings is 1. The minimum Gasteiger partial charge on any atom is -0.379 e. The summed E-state index contributed by atoms with van der Waals surface area (Å²) in [5.41, 5.74) is 0. The number of ether oxygens (including phenoxy) is 1. The van der Waals surface area contributed by atoms with Crippen LogP contribution in [0, 0.1) is 11.8 Å². The molecule has 2 unspecified atom stereocenters. The Bertz CT molecular complexity index is 256. The standard InChI is InChI=1S/C16H35N3O/c1-13(2)15-12-19(16(11-17-15)14(3)4)8-10-20-9-7-18(5)6/h13-17H,7-12H2,1-6H3. The van der Waals surface area contributed by atoms with Crippen molar-refractivity contribution in [2.75, 3.05) is 53.5 Å². The van der Waals surface area contributed by atoms with Gasteiger partial charge in [-0.05, 0) is 25.9 Å². The highest BCUT2D eigenvalue weighted by Crippen LogP contribution is 2.17. The zero-order valence-corrected chi connectivity index (χ0v) is 14.4. The van der Waals surface area contributed by atoms with Gasteiger partial charge in [0.15, 0.2) is 0 Å². The lowest BCUT2D eigenvalue weighted by atomic mass is 9.94. The van der Waals surface area contributed by atoms with Crippen LogP contribution in [-0.4, -0.2) is 75.4 Å². The Morgan fingerprint density at radius 1 is 1.15 bits per heavy atom. The van der Waals surface area contributed by atoms with Crippen molar-refractivity contribution < 1.29 is 4.74 Å². The van der Waals surface area contributed by atoms with E-state index >= 15 is 0 Å². The molecule has 0 aromatic carbocycles. The molecule has 0 spiro atoms. The lowest BCUT2D eigenvalue weighted by Gasteiger charge is -2.43. The molecule has 120 valence electrons. The highest BCUT2D eigenvalue weighted by molar-refractivity contribution is 4.88. The third-order valence-electron chi connectivity index (χ3n) is 4.27. The monoisotopic (exact) mass is 285 g/mol. The molecule has 1 aliphatic heterocycles. The molecule has 0 aromatic heterocycles. The van der Waals surface area contributed by atoms with Crippen LogP contribution in [0.25, 0.3) is 0 Å².